The van der Waals surface area contributed by atoms with E-state index in [0.717, 1.165) is 29.0 Å². The Balaban J connectivity index is 2.15. The summed E-state index contributed by atoms with van der Waals surface area (Å²) >= 11 is 0. The molecule has 0 heterocycles. The number of anilines is 1. The highest BCUT2D eigenvalue weighted by atomic mass is 16.5. The minimum Gasteiger partial charge on any atom is -0.496 e. The van der Waals surface area contributed by atoms with E-state index in [1.54, 1.807) is 19.2 Å². The SMILES string of the molecule is CCCOCc1cc(C(=O)Nc2ccc(C)c(C)c2)ccc1OC. The van der Waals surface area contributed by atoms with Crippen molar-refractivity contribution < 1.29 is 14.3 Å². The van der Waals surface area contributed by atoms with E-state index < -0.39 is 0 Å². The van der Waals surface area contributed by atoms with Crippen molar-refractivity contribution >= 4 is 11.6 Å². The number of nitrogens with one attached hydrogen (secondary N) is 1. The maximum atomic E-state index is 12.5. The molecule has 1 amide bonds. The number of methoxy groups -OCH3 is 1. The lowest BCUT2D eigenvalue weighted by Gasteiger charge is -2.12. The van der Waals surface area contributed by atoms with E-state index in [4.69, 9.17) is 9.47 Å². The van der Waals surface area contributed by atoms with E-state index in [2.05, 4.69) is 12.2 Å². The molecule has 2 aromatic carbocycles. The van der Waals surface area contributed by atoms with Gasteiger partial charge in [0.2, 0.25) is 0 Å². The largest absolute Gasteiger partial charge is 0.496 e. The molecule has 0 unspecified atom stereocenters. The highest BCUT2D eigenvalue weighted by Crippen LogP contribution is 2.22. The monoisotopic (exact) mass is 327 g/mol. The van der Waals surface area contributed by atoms with Crippen molar-refractivity contribution in [2.45, 2.75) is 33.8 Å². The summed E-state index contributed by atoms with van der Waals surface area (Å²) in [5.41, 5.74) is 4.61. The van der Waals surface area contributed by atoms with Gasteiger partial charge in [-0.25, -0.2) is 0 Å². The first-order valence-corrected chi connectivity index (χ1v) is 8.18. The molecule has 0 radical (unpaired) electrons. The van der Waals surface area contributed by atoms with Crippen molar-refractivity contribution in [3.63, 3.8) is 0 Å². The van der Waals surface area contributed by atoms with Crippen LogP contribution in [0.3, 0.4) is 0 Å². The summed E-state index contributed by atoms with van der Waals surface area (Å²) < 4.78 is 10.9. The van der Waals surface area contributed by atoms with Crippen molar-refractivity contribution in [2.75, 3.05) is 19.0 Å². The van der Waals surface area contributed by atoms with Crippen LogP contribution in [0.25, 0.3) is 0 Å². The van der Waals surface area contributed by atoms with Crippen molar-refractivity contribution in [3.8, 4) is 5.75 Å². The van der Waals surface area contributed by atoms with E-state index in [1.165, 1.54) is 5.56 Å². The van der Waals surface area contributed by atoms with Crippen LogP contribution in [0, 0.1) is 13.8 Å². The van der Waals surface area contributed by atoms with Gasteiger partial charge in [0.05, 0.1) is 13.7 Å². The molecule has 4 nitrogen and oxygen atoms in total. The molecule has 4 heteroatoms. The van der Waals surface area contributed by atoms with E-state index in [0.29, 0.717) is 18.8 Å². The molecule has 0 saturated heterocycles. The summed E-state index contributed by atoms with van der Waals surface area (Å²) in [6, 6.07) is 11.3. The Hall–Kier alpha value is -2.33. The zero-order valence-corrected chi connectivity index (χ0v) is 14.8. The zero-order chi connectivity index (χ0) is 17.5. The van der Waals surface area contributed by atoms with Crippen LogP contribution in [0.2, 0.25) is 0 Å². The molecule has 0 atom stereocenters. The molecule has 0 spiro atoms. The van der Waals surface area contributed by atoms with Gasteiger partial charge in [-0.2, -0.15) is 0 Å². The second-order valence-electron chi connectivity index (χ2n) is 5.83. The summed E-state index contributed by atoms with van der Waals surface area (Å²) in [5, 5.41) is 2.94. The smallest absolute Gasteiger partial charge is 0.255 e. The quantitative estimate of drug-likeness (QED) is 0.762. The Morgan fingerprint density at radius 3 is 2.54 bits per heavy atom. The molecule has 0 aliphatic heterocycles. The van der Waals surface area contributed by atoms with Crippen molar-refractivity contribution in [1.82, 2.24) is 0 Å². The van der Waals surface area contributed by atoms with E-state index in [-0.39, 0.29) is 5.91 Å². The first kappa shape index (κ1) is 18.0. The van der Waals surface area contributed by atoms with Gasteiger partial charge in [-0.3, -0.25) is 4.79 Å². The predicted molar refractivity (Wildman–Crippen MR) is 96.8 cm³/mol. The Morgan fingerprint density at radius 1 is 1.08 bits per heavy atom. The van der Waals surface area contributed by atoms with Crippen molar-refractivity contribution in [2.24, 2.45) is 0 Å². The van der Waals surface area contributed by atoms with Crippen LogP contribution in [0.15, 0.2) is 36.4 Å². The fourth-order valence-corrected chi connectivity index (χ4v) is 2.38. The van der Waals surface area contributed by atoms with Crippen LogP contribution in [0.5, 0.6) is 5.75 Å². The Kier molecular flexibility index (Phi) is 6.38. The van der Waals surface area contributed by atoms with Gasteiger partial charge in [-0.05, 0) is 61.7 Å². The minimum absolute atomic E-state index is 0.141. The fraction of sp³-hybridized carbons (Fsp3) is 0.350. The number of carbonyl (C=O) groups excluding carboxylic acids is 1. The van der Waals surface area contributed by atoms with Gasteiger partial charge < -0.3 is 14.8 Å². The molecule has 24 heavy (non-hydrogen) atoms. The van der Waals surface area contributed by atoms with E-state index in [1.807, 2.05) is 38.1 Å². The molecule has 2 aromatic rings. The van der Waals surface area contributed by atoms with Gasteiger partial charge in [-0.1, -0.05) is 13.0 Å². The molecular weight excluding hydrogens is 302 g/mol. The van der Waals surface area contributed by atoms with Gasteiger partial charge in [0, 0.05) is 23.4 Å². The summed E-state index contributed by atoms with van der Waals surface area (Å²) in [4.78, 5) is 12.5. The van der Waals surface area contributed by atoms with Crippen LogP contribution in [0.4, 0.5) is 5.69 Å². The van der Waals surface area contributed by atoms with Crippen molar-refractivity contribution in [1.29, 1.82) is 0 Å². The molecule has 2 rings (SSSR count). The maximum absolute atomic E-state index is 12.5. The van der Waals surface area contributed by atoms with E-state index >= 15 is 0 Å². The number of carbonyl (C=O) groups is 1. The average Bonchev–Trinajstić information content (AvgIpc) is 2.58. The van der Waals surface area contributed by atoms with Crippen LogP contribution in [-0.2, 0) is 11.3 Å². The molecule has 0 fully saturated rings. The number of aryl methyl sites for hydroxylation is 2. The Morgan fingerprint density at radius 2 is 1.88 bits per heavy atom. The first-order valence-electron chi connectivity index (χ1n) is 8.18. The molecule has 0 saturated carbocycles. The fourth-order valence-electron chi connectivity index (χ4n) is 2.38. The molecule has 0 aliphatic rings. The lowest BCUT2D eigenvalue weighted by molar-refractivity contribution is 0.102. The van der Waals surface area contributed by atoms with Crippen molar-refractivity contribution in [3.05, 3.63) is 58.7 Å². The van der Waals surface area contributed by atoms with Gasteiger partial charge in [-0.15, -0.1) is 0 Å². The maximum Gasteiger partial charge on any atom is 0.255 e. The number of ether oxygens (including phenoxy) is 2. The second kappa shape index (κ2) is 8.50. The predicted octanol–water partition coefficient (Wildman–Crippen LogP) is 4.49. The van der Waals surface area contributed by atoms with Gasteiger partial charge in [0.25, 0.3) is 5.91 Å². The molecule has 1 N–H and O–H groups in total. The Bertz CT molecular complexity index is 710. The number of benzene rings is 2. The molecule has 128 valence electrons. The summed E-state index contributed by atoms with van der Waals surface area (Å²) in [6.07, 6.45) is 0.954. The number of hydrogen-bond acceptors (Lipinski definition) is 3. The summed E-state index contributed by atoms with van der Waals surface area (Å²) in [7, 11) is 1.62. The average molecular weight is 327 g/mol. The normalized spacial score (nSPS) is 10.5. The van der Waals surface area contributed by atoms with Crippen LogP contribution in [0.1, 0.15) is 40.4 Å². The molecule has 0 aliphatic carbocycles. The highest BCUT2D eigenvalue weighted by molar-refractivity contribution is 6.04. The van der Waals surface area contributed by atoms with E-state index in [9.17, 15) is 4.79 Å². The Labute approximate surface area is 143 Å². The molecular formula is C20H25NO3. The zero-order valence-electron chi connectivity index (χ0n) is 14.8. The number of hydrogen-bond donors (Lipinski definition) is 1. The summed E-state index contributed by atoms with van der Waals surface area (Å²) in [5.74, 6) is 0.589. The standard InChI is InChI=1S/C20H25NO3/c1-5-10-24-13-17-12-16(7-9-19(17)23-4)20(22)21-18-8-6-14(2)15(3)11-18/h6-9,11-12H,5,10,13H2,1-4H3,(H,21,22). The first-order chi connectivity index (χ1) is 11.5. The van der Waals surface area contributed by atoms with Gasteiger partial charge in [0.1, 0.15) is 5.75 Å². The topological polar surface area (TPSA) is 47.6 Å². The minimum atomic E-state index is -0.141. The second-order valence-corrected chi connectivity index (χ2v) is 5.83. The van der Waals surface area contributed by atoms with Crippen LogP contribution in [-0.4, -0.2) is 19.6 Å². The third-order valence-electron chi connectivity index (χ3n) is 3.91. The lowest BCUT2D eigenvalue weighted by atomic mass is 10.1. The van der Waals surface area contributed by atoms with Gasteiger partial charge >= 0.3 is 0 Å². The van der Waals surface area contributed by atoms with Gasteiger partial charge in [0.15, 0.2) is 0 Å². The third-order valence-corrected chi connectivity index (χ3v) is 3.91. The lowest BCUT2D eigenvalue weighted by Crippen LogP contribution is -2.13. The van der Waals surface area contributed by atoms with Crippen LogP contribution >= 0.6 is 0 Å². The van der Waals surface area contributed by atoms with Crippen LogP contribution < -0.4 is 10.1 Å². The number of amides is 1. The summed E-state index contributed by atoms with van der Waals surface area (Å²) in [6.45, 7) is 7.25. The molecule has 0 bridgehead atoms. The third kappa shape index (κ3) is 4.59. The number of rotatable bonds is 7. The molecule has 0 aromatic heterocycles. The highest BCUT2D eigenvalue weighted by Gasteiger charge is 2.11.